The lowest BCUT2D eigenvalue weighted by atomic mass is 10.0. The van der Waals surface area contributed by atoms with Gasteiger partial charge in [-0.05, 0) is 240 Å². The number of aromatic amines is 6. The van der Waals surface area contributed by atoms with Crippen molar-refractivity contribution in [2.24, 2.45) is 0 Å². The summed E-state index contributed by atoms with van der Waals surface area (Å²) in [6.45, 7) is 4.23. The third kappa shape index (κ3) is 13.9. The summed E-state index contributed by atoms with van der Waals surface area (Å²) < 4.78 is 0. The second kappa shape index (κ2) is 31.0. The third-order valence-electron chi connectivity index (χ3n) is 23.8. The van der Waals surface area contributed by atoms with Gasteiger partial charge in [-0.15, -0.1) is 0 Å². The van der Waals surface area contributed by atoms with Crippen LogP contribution in [0.1, 0.15) is 102 Å². The first-order valence-corrected chi connectivity index (χ1v) is 42.2. The molecule has 6 aliphatic heterocycles. The van der Waals surface area contributed by atoms with E-state index in [1.807, 2.05) is 24.3 Å². The van der Waals surface area contributed by atoms with E-state index in [9.17, 15) is 0 Å². The fraction of sp³-hybridized carbons (Fsp3) is 0.0175. The molecule has 126 heavy (non-hydrogen) atoms. The van der Waals surface area contributed by atoms with Gasteiger partial charge >= 0.3 is 0 Å². The second-order valence-electron chi connectivity index (χ2n) is 32.1. The lowest BCUT2D eigenvalue weighted by Crippen LogP contribution is -1.90. The molecule has 17 aromatic rings. The van der Waals surface area contributed by atoms with Crippen LogP contribution in [0.4, 0.5) is 0 Å². The van der Waals surface area contributed by atoms with E-state index in [0.717, 1.165) is 234 Å². The monoisotopic (exact) mass is 1610 g/mol. The molecule has 0 fully saturated rings. The second-order valence-corrected chi connectivity index (χ2v) is 32.1. The molecule has 12 nitrogen and oxygen atoms in total. The van der Waals surface area contributed by atoms with Gasteiger partial charge in [0.1, 0.15) is 0 Å². The summed E-state index contributed by atoms with van der Waals surface area (Å²) in [5, 5.41) is 0. The molecule has 6 aliphatic rings. The predicted octanol–water partition coefficient (Wildman–Crippen LogP) is 27.3. The number of nitrogens with one attached hydrogen (secondary N) is 6. The molecule has 0 aliphatic carbocycles. The summed E-state index contributed by atoms with van der Waals surface area (Å²) in [5.74, 6) is 14.7. The molecule has 0 unspecified atom stereocenters. The van der Waals surface area contributed by atoms with Gasteiger partial charge in [0.25, 0.3) is 0 Å². The van der Waals surface area contributed by atoms with Gasteiger partial charge in [-0.25, -0.2) is 29.9 Å². The van der Waals surface area contributed by atoms with E-state index in [2.05, 4.69) is 419 Å². The Balaban J connectivity index is 0.697. The lowest BCUT2D eigenvalue weighted by Gasteiger charge is -2.06. The van der Waals surface area contributed by atoms with Crippen LogP contribution in [-0.4, -0.2) is 59.8 Å². The van der Waals surface area contributed by atoms with Crippen LogP contribution in [0.5, 0.6) is 0 Å². The quantitative estimate of drug-likeness (QED) is 0.0827. The van der Waals surface area contributed by atoms with E-state index in [1.165, 1.54) is 0 Å². The van der Waals surface area contributed by atoms with Crippen LogP contribution in [0.25, 0.3) is 228 Å². The number of H-pyrrole nitrogens is 6. The maximum atomic E-state index is 5.60. The Hall–Kier alpha value is -17.3. The molecule has 24 bridgehead atoms. The van der Waals surface area contributed by atoms with Gasteiger partial charge in [-0.3, -0.25) is 0 Å². The van der Waals surface area contributed by atoms with Crippen molar-refractivity contribution in [1.82, 2.24) is 59.8 Å². The Morgan fingerprint density at radius 1 is 0.183 bits per heavy atom. The van der Waals surface area contributed by atoms with Crippen molar-refractivity contribution in [3.63, 3.8) is 0 Å². The summed E-state index contributed by atoms with van der Waals surface area (Å²) >= 11 is 0. The molecule has 9 aromatic heterocycles. The predicted molar refractivity (Wildman–Crippen MR) is 521 cm³/mol. The molecule has 0 spiro atoms. The Bertz CT molecular complexity index is 7730. The molecule has 6 N–H and O–H groups in total. The zero-order valence-electron chi connectivity index (χ0n) is 68.5. The summed E-state index contributed by atoms with van der Waals surface area (Å²) in [5.41, 5.74) is 41.6. The van der Waals surface area contributed by atoms with Crippen molar-refractivity contribution in [2.75, 3.05) is 0 Å². The molecule has 0 amide bonds. The third-order valence-corrected chi connectivity index (χ3v) is 23.8. The molecule has 8 aromatic carbocycles. The van der Waals surface area contributed by atoms with Crippen LogP contribution in [-0.2, 0) is 0 Å². The number of benzene rings is 8. The molecular formula is C114H74N12. The van der Waals surface area contributed by atoms with E-state index in [0.29, 0.717) is 22.5 Å². The van der Waals surface area contributed by atoms with E-state index < -0.39 is 0 Å². The maximum absolute atomic E-state index is 5.60. The average Bonchev–Trinajstić information content (AvgIpc) is 1.62. The van der Waals surface area contributed by atoms with E-state index >= 15 is 0 Å². The highest BCUT2D eigenvalue weighted by atomic mass is 14.8. The van der Waals surface area contributed by atoms with Gasteiger partial charge in [-0.1, -0.05) is 229 Å². The van der Waals surface area contributed by atoms with Crippen molar-refractivity contribution in [1.29, 1.82) is 0 Å². The van der Waals surface area contributed by atoms with E-state index in [1.54, 1.807) is 0 Å². The Morgan fingerprint density at radius 3 is 0.706 bits per heavy atom. The largest absolute Gasteiger partial charge is 0.355 e. The molecule has 590 valence electrons. The molecule has 0 atom stereocenters. The fourth-order valence-electron chi connectivity index (χ4n) is 17.7. The van der Waals surface area contributed by atoms with E-state index in [4.69, 9.17) is 29.9 Å². The van der Waals surface area contributed by atoms with Gasteiger partial charge in [0, 0.05) is 111 Å². The standard InChI is InChI=1S/C114H74N12/c1-69-23-33-77(34-24-69)111-95-55-53-89(120-95)85(45-31-71-27-37-79(38-28-71)113-103-61-57-97(122-103)107(73-15-7-3-8-16-73)91-47-41-81(115-91)67-82-42-48-92(116-82)108(74-17-9-4-10-18-74)98-58-62-104(113)123-98)87-51-52-88(119-87)86(90-54-56-96(121-90)112(102-66-65-101(111)126-102)78-35-25-70(2)26-36-78)46-32-72-29-39-80(40-30-72)114-105-63-59-99(124-105)109(75-19-11-5-12-20-75)93-49-43-83(117-93)68-84-44-50-94(118-84)110(76-21-13-6-14-22-76)100-60-64-106(114)125-100/h3-30,33-44,47-68,115,117,119,123,125-126H,1-2H3. The van der Waals surface area contributed by atoms with Crippen LogP contribution in [0.3, 0.4) is 0 Å². The minimum Gasteiger partial charge on any atom is -0.355 e. The Kier molecular flexibility index (Phi) is 18.2. The van der Waals surface area contributed by atoms with Crippen LogP contribution >= 0.6 is 0 Å². The molecular weight excluding hydrogens is 1540 g/mol. The maximum Gasteiger partial charge on any atom is 0.0815 e. The van der Waals surface area contributed by atoms with Crippen LogP contribution in [0.2, 0.25) is 0 Å². The van der Waals surface area contributed by atoms with Crippen molar-refractivity contribution >= 4 is 139 Å². The average molecular weight is 1610 g/mol. The first-order valence-electron chi connectivity index (χ1n) is 42.2. The van der Waals surface area contributed by atoms with Gasteiger partial charge < -0.3 is 29.9 Å². The fourth-order valence-corrected chi connectivity index (χ4v) is 17.7. The summed E-state index contributed by atoms with van der Waals surface area (Å²) in [6, 6.07) is 106. The number of aryl methyl sites for hydroxylation is 2. The summed E-state index contributed by atoms with van der Waals surface area (Å²) in [6.07, 6.45) is 25.3. The smallest absolute Gasteiger partial charge is 0.0815 e. The van der Waals surface area contributed by atoms with Crippen LogP contribution in [0, 0.1) is 37.5 Å². The van der Waals surface area contributed by atoms with E-state index in [-0.39, 0.29) is 0 Å². The minimum absolute atomic E-state index is 0.695. The van der Waals surface area contributed by atoms with Crippen LogP contribution in [0.15, 0.2) is 303 Å². The van der Waals surface area contributed by atoms with Gasteiger partial charge in [0.15, 0.2) is 0 Å². The molecule has 0 radical (unpaired) electrons. The molecule has 0 saturated carbocycles. The number of rotatable bonds is 8. The number of aromatic nitrogens is 12. The summed E-state index contributed by atoms with van der Waals surface area (Å²) in [7, 11) is 0. The zero-order chi connectivity index (χ0) is 83.7. The lowest BCUT2D eigenvalue weighted by molar-refractivity contribution is 1.30. The van der Waals surface area contributed by atoms with Crippen molar-refractivity contribution in [2.45, 2.75) is 13.8 Å². The van der Waals surface area contributed by atoms with Crippen molar-refractivity contribution in [3.8, 4) is 113 Å². The van der Waals surface area contributed by atoms with Crippen LogP contribution < -0.4 is 0 Å². The topological polar surface area (TPSA) is 172 Å². The van der Waals surface area contributed by atoms with Gasteiger partial charge in [-0.2, -0.15) is 0 Å². The van der Waals surface area contributed by atoms with Gasteiger partial charge in [0.2, 0.25) is 0 Å². The van der Waals surface area contributed by atoms with Gasteiger partial charge in [0.05, 0.1) is 90.5 Å². The Morgan fingerprint density at radius 2 is 0.405 bits per heavy atom. The normalized spacial score (nSPS) is 12.2. The highest BCUT2D eigenvalue weighted by Gasteiger charge is 2.24. The number of nitrogens with zero attached hydrogens (tertiary/aromatic N) is 6. The first kappa shape index (κ1) is 73.8. The zero-order valence-corrected chi connectivity index (χ0v) is 68.5. The number of hydrogen-bond acceptors (Lipinski definition) is 6. The minimum atomic E-state index is 0.695. The molecule has 12 heteroatoms. The van der Waals surface area contributed by atoms with Crippen molar-refractivity contribution < 1.29 is 0 Å². The molecule has 15 heterocycles. The number of fused-ring (bicyclic) bond motifs is 24. The van der Waals surface area contributed by atoms with Crippen molar-refractivity contribution in [3.05, 3.63) is 405 Å². The first-order chi connectivity index (χ1) is 62.1. The Labute approximate surface area is 725 Å². The molecule has 0 saturated heterocycles. The highest BCUT2D eigenvalue weighted by Crippen LogP contribution is 2.42. The summed E-state index contributed by atoms with van der Waals surface area (Å²) in [4.78, 5) is 55.9. The number of hydrogen-bond donors (Lipinski definition) is 6. The highest BCUT2D eigenvalue weighted by molar-refractivity contribution is 6.03. The molecule has 23 rings (SSSR count). The SMILES string of the molecule is Cc1ccc(-c2c3nc(c(C#Cc4ccc(-c5c6nc(c(-c7ccccc7)c7ccc(cc8nc(c(-c9ccccc9)c9ccc5[nH]9)C=C8)[nH]7)C=C6)cc4)c4ccc([nH]4)c(C#Cc4ccc(-c5c6nc(c(-c7ccccc7)c7ccc(cc8nc(c(-c9ccccc9)c9ccc5[nH]9)C=C8)[nH]7)C=C6)cc4)c4nc(c(-c5ccc(C)cc5)c5ccc2[nH]5)C=C4)C=C3)cc1.